The van der Waals surface area contributed by atoms with Crippen LogP contribution in [0, 0.1) is 3.57 Å². The highest BCUT2D eigenvalue weighted by atomic mass is 127. The van der Waals surface area contributed by atoms with Gasteiger partial charge in [0.1, 0.15) is 0 Å². The van der Waals surface area contributed by atoms with Crippen LogP contribution >= 0.6 is 22.6 Å². The average molecular weight is 357 g/mol. The van der Waals surface area contributed by atoms with E-state index >= 15 is 0 Å². The van der Waals surface area contributed by atoms with Crippen LogP contribution in [-0.4, -0.2) is 29.3 Å². The smallest absolute Gasteiger partial charge is 0.176 e. The van der Waals surface area contributed by atoms with Crippen molar-refractivity contribution in [3.8, 4) is 0 Å². The van der Waals surface area contributed by atoms with Crippen LogP contribution in [-0.2, 0) is 0 Å². The minimum Gasteiger partial charge on any atom is -0.293 e. The molecule has 0 saturated carbocycles. The topological polar surface area (TPSA) is 20.3 Å². The summed E-state index contributed by atoms with van der Waals surface area (Å²) in [6.45, 7) is 5.02. The Bertz CT molecular complexity index is 405. The lowest BCUT2D eigenvalue weighted by molar-refractivity contribution is 0.0734. The largest absolute Gasteiger partial charge is 0.293 e. The SMILES string of the molecule is CC1CCCC(C)N1CC(=O)c1ccc(I)cc1. The second-order valence-electron chi connectivity index (χ2n) is 5.23. The minimum atomic E-state index is 0.243. The molecular formula is C15H20INO. The molecule has 2 nitrogen and oxygen atoms in total. The number of piperidine rings is 1. The fraction of sp³-hybridized carbons (Fsp3) is 0.533. The van der Waals surface area contributed by atoms with E-state index in [0.717, 1.165) is 5.56 Å². The zero-order chi connectivity index (χ0) is 13.1. The molecule has 1 aliphatic rings. The number of Topliss-reactive ketones (excluding diaryl/α,β-unsaturated/α-hetero) is 1. The molecule has 98 valence electrons. The Kier molecular flexibility index (Phi) is 4.78. The number of hydrogen-bond acceptors (Lipinski definition) is 2. The van der Waals surface area contributed by atoms with Crippen molar-refractivity contribution >= 4 is 28.4 Å². The molecule has 1 saturated heterocycles. The Morgan fingerprint density at radius 2 is 1.78 bits per heavy atom. The fourth-order valence-electron chi connectivity index (χ4n) is 2.68. The molecule has 1 heterocycles. The molecule has 0 amide bonds. The summed E-state index contributed by atoms with van der Waals surface area (Å²) in [5.41, 5.74) is 0.834. The summed E-state index contributed by atoms with van der Waals surface area (Å²) in [5, 5.41) is 0. The van der Waals surface area contributed by atoms with Crippen molar-refractivity contribution in [2.75, 3.05) is 6.54 Å². The van der Waals surface area contributed by atoms with Crippen LogP contribution < -0.4 is 0 Å². The molecule has 0 bridgehead atoms. The quantitative estimate of drug-likeness (QED) is 0.607. The molecule has 0 aromatic heterocycles. The molecule has 1 aromatic carbocycles. The first-order valence-corrected chi connectivity index (χ1v) is 7.70. The third kappa shape index (κ3) is 3.32. The van der Waals surface area contributed by atoms with Crippen LogP contribution in [0.2, 0.25) is 0 Å². The number of carbonyl (C=O) groups is 1. The van der Waals surface area contributed by atoms with Crippen LogP contribution in [0.15, 0.2) is 24.3 Å². The van der Waals surface area contributed by atoms with Crippen molar-refractivity contribution in [3.63, 3.8) is 0 Å². The van der Waals surface area contributed by atoms with Gasteiger partial charge in [0.25, 0.3) is 0 Å². The zero-order valence-corrected chi connectivity index (χ0v) is 13.2. The predicted molar refractivity (Wildman–Crippen MR) is 83.0 cm³/mol. The van der Waals surface area contributed by atoms with Crippen LogP contribution in [0.4, 0.5) is 0 Å². The number of likely N-dealkylation sites (tertiary alicyclic amines) is 1. The van der Waals surface area contributed by atoms with Crippen molar-refractivity contribution in [3.05, 3.63) is 33.4 Å². The second-order valence-corrected chi connectivity index (χ2v) is 6.48. The van der Waals surface area contributed by atoms with E-state index in [1.165, 1.54) is 22.8 Å². The molecule has 1 aromatic rings. The summed E-state index contributed by atoms with van der Waals surface area (Å²) in [4.78, 5) is 14.6. The second kappa shape index (κ2) is 6.15. The first kappa shape index (κ1) is 14.0. The van der Waals surface area contributed by atoms with Crippen molar-refractivity contribution < 1.29 is 4.79 Å². The van der Waals surface area contributed by atoms with E-state index in [4.69, 9.17) is 0 Å². The Morgan fingerprint density at radius 3 is 2.33 bits per heavy atom. The maximum atomic E-state index is 12.3. The van der Waals surface area contributed by atoms with Gasteiger partial charge >= 0.3 is 0 Å². The van der Waals surface area contributed by atoms with Crippen LogP contribution in [0.25, 0.3) is 0 Å². The predicted octanol–water partition coefficient (Wildman–Crippen LogP) is 3.74. The number of hydrogen-bond donors (Lipinski definition) is 0. The average Bonchev–Trinajstić information content (AvgIpc) is 2.34. The first-order chi connectivity index (χ1) is 8.58. The van der Waals surface area contributed by atoms with E-state index in [1.54, 1.807) is 0 Å². The number of nitrogens with zero attached hydrogens (tertiary/aromatic N) is 1. The molecule has 0 aliphatic carbocycles. The van der Waals surface area contributed by atoms with E-state index in [2.05, 4.69) is 41.3 Å². The molecule has 2 unspecified atom stereocenters. The van der Waals surface area contributed by atoms with Gasteiger partial charge in [-0.25, -0.2) is 0 Å². The van der Waals surface area contributed by atoms with Crippen molar-refractivity contribution in [2.45, 2.75) is 45.2 Å². The van der Waals surface area contributed by atoms with Crippen LogP contribution in [0.5, 0.6) is 0 Å². The third-order valence-corrected chi connectivity index (χ3v) is 4.59. The zero-order valence-electron chi connectivity index (χ0n) is 11.0. The van der Waals surface area contributed by atoms with Gasteiger partial charge < -0.3 is 0 Å². The normalized spacial score (nSPS) is 25.1. The highest BCUT2D eigenvalue weighted by Gasteiger charge is 2.26. The summed E-state index contributed by atoms with van der Waals surface area (Å²) < 4.78 is 1.17. The highest BCUT2D eigenvalue weighted by molar-refractivity contribution is 14.1. The Morgan fingerprint density at radius 1 is 1.22 bits per heavy atom. The van der Waals surface area contributed by atoms with Crippen LogP contribution in [0.1, 0.15) is 43.5 Å². The summed E-state index contributed by atoms with van der Waals surface area (Å²) in [6, 6.07) is 8.92. The lowest BCUT2D eigenvalue weighted by Crippen LogP contribution is -2.46. The third-order valence-electron chi connectivity index (χ3n) is 3.87. The molecule has 0 spiro atoms. The van der Waals surface area contributed by atoms with Crippen molar-refractivity contribution in [1.29, 1.82) is 0 Å². The lowest BCUT2D eigenvalue weighted by atomic mass is 9.96. The van der Waals surface area contributed by atoms with E-state index in [-0.39, 0.29) is 5.78 Å². The molecule has 1 fully saturated rings. The van der Waals surface area contributed by atoms with E-state index in [0.29, 0.717) is 18.6 Å². The summed E-state index contributed by atoms with van der Waals surface area (Å²) >= 11 is 2.26. The van der Waals surface area contributed by atoms with Gasteiger partial charge in [0, 0.05) is 21.2 Å². The summed E-state index contributed by atoms with van der Waals surface area (Å²) in [7, 11) is 0. The fourth-order valence-corrected chi connectivity index (χ4v) is 3.04. The molecule has 2 rings (SSSR count). The number of ketones is 1. The van der Waals surface area contributed by atoms with Crippen LogP contribution in [0.3, 0.4) is 0 Å². The standard InChI is InChI=1S/C15H20INO/c1-11-4-3-5-12(2)17(11)10-15(18)13-6-8-14(16)9-7-13/h6-9,11-12H,3-5,10H2,1-2H3. The summed E-state index contributed by atoms with van der Waals surface area (Å²) in [5.74, 6) is 0.243. The Balaban J connectivity index is 2.04. The van der Waals surface area contributed by atoms with Crippen molar-refractivity contribution in [2.24, 2.45) is 0 Å². The number of carbonyl (C=O) groups excluding carboxylic acids is 1. The maximum Gasteiger partial charge on any atom is 0.176 e. The van der Waals surface area contributed by atoms with Gasteiger partial charge in [-0.05, 0) is 61.4 Å². The minimum absolute atomic E-state index is 0.243. The number of benzene rings is 1. The van der Waals surface area contributed by atoms with E-state index < -0.39 is 0 Å². The van der Waals surface area contributed by atoms with Gasteiger partial charge in [-0.3, -0.25) is 9.69 Å². The van der Waals surface area contributed by atoms with Crippen molar-refractivity contribution in [1.82, 2.24) is 4.90 Å². The van der Waals surface area contributed by atoms with Gasteiger partial charge in [-0.15, -0.1) is 0 Å². The van der Waals surface area contributed by atoms with Gasteiger partial charge in [0.2, 0.25) is 0 Å². The molecule has 18 heavy (non-hydrogen) atoms. The number of halogens is 1. The molecule has 1 aliphatic heterocycles. The number of rotatable bonds is 3. The van der Waals surface area contributed by atoms with E-state index in [9.17, 15) is 4.79 Å². The van der Waals surface area contributed by atoms with Gasteiger partial charge in [-0.1, -0.05) is 18.6 Å². The highest BCUT2D eigenvalue weighted by Crippen LogP contribution is 2.22. The summed E-state index contributed by atoms with van der Waals surface area (Å²) in [6.07, 6.45) is 3.71. The Labute approximate surface area is 123 Å². The van der Waals surface area contributed by atoms with Gasteiger partial charge in [-0.2, -0.15) is 0 Å². The Hall–Kier alpha value is -0.420. The monoisotopic (exact) mass is 357 g/mol. The lowest BCUT2D eigenvalue weighted by Gasteiger charge is -2.38. The molecule has 2 atom stereocenters. The first-order valence-electron chi connectivity index (χ1n) is 6.62. The van der Waals surface area contributed by atoms with Gasteiger partial charge in [0.05, 0.1) is 6.54 Å². The molecular weight excluding hydrogens is 337 g/mol. The van der Waals surface area contributed by atoms with Gasteiger partial charge in [0.15, 0.2) is 5.78 Å². The molecule has 3 heteroatoms. The maximum absolute atomic E-state index is 12.3. The molecule has 0 N–H and O–H groups in total. The van der Waals surface area contributed by atoms with E-state index in [1.807, 2.05) is 24.3 Å². The molecule has 0 radical (unpaired) electrons.